The van der Waals surface area contributed by atoms with Gasteiger partial charge in [0, 0.05) is 17.1 Å². The summed E-state index contributed by atoms with van der Waals surface area (Å²) in [5.41, 5.74) is 2.00. The van der Waals surface area contributed by atoms with E-state index >= 15 is 0 Å². The molecule has 0 radical (unpaired) electrons. The zero-order chi connectivity index (χ0) is 15.0. The van der Waals surface area contributed by atoms with Crippen LogP contribution in [0.1, 0.15) is 48.1 Å². The maximum atomic E-state index is 12.9. The highest BCUT2D eigenvalue weighted by Crippen LogP contribution is 2.35. The van der Waals surface area contributed by atoms with Crippen molar-refractivity contribution >= 4 is 17.2 Å². The molecule has 5 heteroatoms. The predicted octanol–water partition coefficient (Wildman–Crippen LogP) is 3.49. The third kappa shape index (κ3) is 2.62. The molecule has 1 aliphatic heterocycles. The van der Waals surface area contributed by atoms with E-state index in [2.05, 4.69) is 22.6 Å². The number of nitrogens with zero attached hydrogens (tertiary/aromatic N) is 3. The van der Waals surface area contributed by atoms with Crippen LogP contribution in [-0.2, 0) is 4.79 Å². The number of likely N-dealkylation sites (tertiary alicyclic amines) is 1. The lowest BCUT2D eigenvalue weighted by Crippen LogP contribution is -2.36. The fourth-order valence-electron chi connectivity index (χ4n) is 3.19. The Morgan fingerprint density at radius 2 is 2.29 bits per heavy atom. The van der Waals surface area contributed by atoms with Crippen LogP contribution in [0.3, 0.4) is 0 Å². The molecule has 2 aromatic rings. The SMILES string of the molecule is Cc1cc(C)n([C@H](C)C(=O)N2CCC[C@H]2c2cccs2)n1. The Kier molecular flexibility index (Phi) is 3.85. The van der Waals surface area contributed by atoms with E-state index in [9.17, 15) is 4.79 Å². The number of hydrogen-bond donors (Lipinski definition) is 0. The molecule has 0 unspecified atom stereocenters. The average Bonchev–Trinajstić information content (AvgIpc) is 3.16. The van der Waals surface area contributed by atoms with Crippen LogP contribution in [0, 0.1) is 13.8 Å². The number of thiophene rings is 1. The van der Waals surface area contributed by atoms with Crippen molar-refractivity contribution in [1.82, 2.24) is 14.7 Å². The van der Waals surface area contributed by atoms with Crippen LogP contribution >= 0.6 is 11.3 Å². The molecule has 1 fully saturated rings. The standard InChI is InChI=1S/C16H21N3OS/c1-11-10-12(2)19(17-11)13(3)16(20)18-8-4-6-14(18)15-7-5-9-21-15/h5,7,9-10,13-14H,4,6,8H2,1-3H3/t13-,14+/m1/s1. The summed E-state index contributed by atoms with van der Waals surface area (Å²) in [5.74, 6) is 0.178. The van der Waals surface area contributed by atoms with Crippen LogP contribution in [0.2, 0.25) is 0 Å². The lowest BCUT2D eigenvalue weighted by Gasteiger charge is -2.27. The Balaban J connectivity index is 1.82. The van der Waals surface area contributed by atoms with Gasteiger partial charge in [-0.2, -0.15) is 5.10 Å². The molecule has 21 heavy (non-hydrogen) atoms. The second-order valence-corrected chi connectivity index (χ2v) is 6.73. The maximum Gasteiger partial charge on any atom is 0.247 e. The Morgan fingerprint density at radius 1 is 1.48 bits per heavy atom. The molecular weight excluding hydrogens is 282 g/mol. The summed E-state index contributed by atoms with van der Waals surface area (Å²) in [4.78, 5) is 16.2. The first-order chi connectivity index (χ1) is 10.1. The van der Waals surface area contributed by atoms with Crippen molar-refractivity contribution in [2.75, 3.05) is 6.54 Å². The molecule has 1 amide bonds. The minimum Gasteiger partial charge on any atom is -0.333 e. The molecule has 0 saturated carbocycles. The van der Waals surface area contributed by atoms with E-state index in [0.29, 0.717) is 0 Å². The number of aromatic nitrogens is 2. The molecule has 0 aromatic carbocycles. The van der Waals surface area contributed by atoms with Gasteiger partial charge in [0.05, 0.1) is 11.7 Å². The Hall–Kier alpha value is -1.62. The van der Waals surface area contributed by atoms with E-state index in [1.807, 2.05) is 36.4 Å². The Morgan fingerprint density at radius 3 is 2.90 bits per heavy atom. The van der Waals surface area contributed by atoms with Crippen LogP contribution in [0.4, 0.5) is 0 Å². The number of rotatable bonds is 3. The molecule has 3 rings (SSSR count). The van der Waals surface area contributed by atoms with Crippen molar-refractivity contribution in [2.45, 2.75) is 45.7 Å². The number of carbonyl (C=O) groups excluding carboxylic acids is 1. The largest absolute Gasteiger partial charge is 0.333 e. The molecule has 112 valence electrons. The second-order valence-electron chi connectivity index (χ2n) is 5.75. The molecule has 2 aromatic heterocycles. The van der Waals surface area contributed by atoms with Gasteiger partial charge in [0.1, 0.15) is 6.04 Å². The molecule has 4 nitrogen and oxygen atoms in total. The van der Waals surface area contributed by atoms with Gasteiger partial charge in [0.15, 0.2) is 0 Å². The van der Waals surface area contributed by atoms with E-state index in [-0.39, 0.29) is 18.0 Å². The highest BCUT2D eigenvalue weighted by Gasteiger charge is 2.34. The van der Waals surface area contributed by atoms with Gasteiger partial charge in [0.25, 0.3) is 0 Å². The molecule has 0 N–H and O–H groups in total. The van der Waals surface area contributed by atoms with Crippen molar-refractivity contribution in [2.24, 2.45) is 0 Å². The molecule has 0 spiro atoms. The van der Waals surface area contributed by atoms with Crippen molar-refractivity contribution in [3.8, 4) is 0 Å². The zero-order valence-corrected chi connectivity index (χ0v) is 13.6. The predicted molar refractivity (Wildman–Crippen MR) is 84.4 cm³/mol. The molecule has 0 bridgehead atoms. The summed E-state index contributed by atoms with van der Waals surface area (Å²) in [6, 6.07) is 6.22. The van der Waals surface area contributed by atoms with E-state index in [1.54, 1.807) is 11.3 Å². The van der Waals surface area contributed by atoms with Gasteiger partial charge in [-0.05, 0) is 51.1 Å². The number of hydrogen-bond acceptors (Lipinski definition) is 3. The van der Waals surface area contributed by atoms with Gasteiger partial charge in [-0.3, -0.25) is 9.48 Å². The van der Waals surface area contributed by atoms with Crippen molar-refractivity contribution < 1.29 is 4.79 Å². The van der Waals surface area contributed by atoms with E-state index < -0.39 is 0 Å². The average molecular weight is 303 g/mol. The van der Waals surface area contributed by atoms with Crippen LogP contribution in [0.25, 0.3) is 0 Å². The molecule has 1 aliphatic rings. The minimum atomic E-state index is -0.237. The highest BCUT2D eigenvalue weighted by atomic mass is 32.1. The zero-order valence-electron chi connectivity index (χ0n) is 12.7. The third-order valence-electron chi connectivity index (χ3n) is 4.18. The van der Waals surface area contributed by atoms with Gasteiger partial charge < -0.3 is 4.90 Å². The van der Waals surface area contributed by atoms with Crippen LogP contribution in [0.5, 0.6) is 0 Å². The van der Waals surface area contributed by atoms with Crippen LogP contribution in [0.15, 0.2) is 23.6 Å². The smallest absolute Gasteiger partial charge is 0.247 e. The molecule has 2 atom stereocenters. The fraction of sp³-hybridized carbons (Fsp3) is 0.500. The summed E-state index contributed by atoms with van der Waals surface area (Å²) in [7, 11) is 0. The second kappa shape index (κ2) is 5.64. The lowest BCUT2D eigenvalue weighted by molar-refractivity contribution is -0.135. The Bertz CT molecular complexity index is 632. The van der Waals surface area contributed by atoms with Gasteiger partial charge >= 0.3 is 0 Å². The molecule has 0 aliphatic carbocycles. The van der Waals surface area contributed by atoms with Crippen molar-refractivity contribution in [3.05, 3.63) is 39.8 Å². The fourth-order valence-corrected chi connectivity index (χ4v) is 4.06. The van der Waals surface area contributed by atoms with E-state index in [1.165, 1.54) is 4.88 Å². The number of amides is 1. The quantitative estimate of drug-likeness (QED) is 0.870. The maximum absolute atomic E-state index is 12.9. The van der Waals surface area contributed by atoms with Gasteiger partial charge in [0.2, 0.25) is 5.91 Å². The lowest BCUT2D eigenvalue weighted by atomic mass is 10.1. The number of aryl methyl sites for hydroxylation is 2. The van der Waals surface area contributed by atoms with Crippen molar-refractivity contribution in [3.63, 3.8) is 0 Å². The summed E-state index contributed by atoms with van der Waals surface area (Å²) in [6.45, 7) is 6.77. The van der Waals surface area contributed by atoms with E-state index in [0.717, 1.165) is 30.8 Å². The molecular formula is C16H21N3OS. The van der Waals surface area contributed by atoms with Gasteiger partial charge in [-0.1, -0.05) is 6.07 Å². The molecule has 1 saturated heterocycles. The summed E-state index contributed by atoms with van der Waals surface area (Å²) >= 11 is 1.74. The first-order valence-electron chi connectivity index (χ1n) is 7.44. The molecule has 3 heterocycles. The Labute approximate surface area is 129 Å². The first kappa shape index (κ1) is 14.3. The number of carbonyl (C=O) groups is 1. The third-order valence-corrected chi connectivity index (χ3v) is 5.15. The summed E-state index contributed by atoms with van der Waals surface area (Å²) in [6.07, 6.45) is 2.15. The van der Waals surface area contributed by atoms with Crippen LogP contribution < -0.4 is 0 Å². The normalized spacial score (nSPS) is 20.0. The summed E-state index contributed by atoms with van der Waals surface area (Å²) in [5, 5.41) is 6.55. The monoisotopic (exact) mass is 303 g/mol. The van der Waals surface area contributed by atoms with Crippen LogP contribution in [-0.4, -0.2) is 27.1 Å². The minimum absolute atomic E-state index is 0.178. The highest BCUT2D eigenvalue weighted by molar-refractivity contribution is 7.10. The van der Waals surface area contributed by atoms with Gasteiger partial charge in [-0.15, -0.1) is 11.3 Å². The first-order valence-corrected chi connectivity index (χ1v) is 8.32. The van der Waals surface area contributed by atoms with Crippen molar-refractivity contribution in [1.29, 1.82) is 0 Å². The van der Waals surface area contributed by atoms with Gasteiger partial charge in [-0.25, -0.2) is 0 Å². The summed E-state index contributed by atoms with van der Waals surface area (Å²) < 4.78 is 1.85. The van der Waals surface area contributed by atoms with E-state index in [4.69, 9.17) is 0 Å². The topological polar surface area (TPSA) is 38.1 Å².